The summed E-state index contributed by atoms with van der Waals surface area (Å²) in [5, 5.41) is 0.465. The number of sulfonamides is 1. The van der Waals surface area contributed by atoms with Gasteiger partial charge in [0.05, 0.1) is 5.02 Å². The van der Waals surface area contributed by atoms with E-state index >= 15 is 0 Å². The Labute approximate surface area is 149 Å². The molecule has 0 bridgehead atoms. The molecule has 4 nitrogen and oxygen atoms in total. The zero-order chi connectivity index (χ0) is 17.9. The van der Waals surface area contributed by atoms with E-state index in [1.807, 2.05) is 0 Å². The molecule has 0 atom stereocenters. The molecule has 0 aliphatic carbocycles. The molecule has 25 heavy (non-hydrogen) atoms. The maximum absolute atomic E-state index is 13.7. The molecule has 1 N–H and O–H groups in total. The van der Waals surface area contributed by atoms with E-state index in [-0.39, 0.29) is 5.69 Å². The van der Waals surface area contributed by atoms with Crippen molar-refractivity contribution < 1.29 is 17.5 Å². The molecule has 0 amide bonds. The Kier molecular flexibility index (Phi) is 4.92. The van der Waals surface area contributed by atoms with Crippen LogP contribution in [0, 0.1) is 5.82 Å². The molecule has 7 heteroatoms. The lowest BCUT2D eigenvalue weighted by molar-refractivity contribution is 0.483. The average Bonchev–Trinajstić information content (AvgIpc) is 2.58. The van der Waals surface area contributed by atoms with Crippen LogP contribution in [0.15, 0.2) is 77.7 Å². The van der Waals surface area contributed by atoms with Crippen LogP contribution in [0.4, 0.5) is 10.1 Å². The summed E-state index contributed by atoms with van der Waals surface area (Å²) in [6.07, 6.45) is 0. The van der Waals surface area contributed by atoms with Gasteiger partial charge >= 0.3 is 0 Å². The van der Waals surface area contributed by atoms with Gasteiger partial charge in [-0.05, 0) is 48.5 Å². The highest BCUT2D eigenvalue weighted by Crippen LogP contribution is 2.29. The summed E-state index contributed by atoms with van der Waals surface area (Å²) in [5.41, 5.74) is 0.287. The number of hydrogen-bond donors (Lipinski definition) is 1. The highest BCUT2D eigenvalue weighted by Gasteiger charge is 2.18. The van der Waals surface area contributed by atoms with E-state index in [0.29, 0.717) is 16.5 Å². The number of anilines is 1. The normalized spacial score (nSPS) is 11.1. The van der Waals surface area contributed by atoms with Crippen molar-refractivity contribution >= 4 is 27.3 Å². The van der Waals surface area contributed by atoms with Crippen molar-refractivity contribution in [2.75, 3.05) is 4.72 Å². The van der Waals surface area contributed by atoms with Crippen LogP contribution >= 0.6 is 11.6 Å². The standard InChI is InChI=1S/C18H13ClFNO3S/c19-15-5-1-3-7-17(15)24-14-11-9-13(10-12-14)21-25(22,23)18-8-4-2-6-16(18)20/h1-12,21H. The van der Waals surface area contributed by atoms with E-state index in [4.69, 9.17) is 16.3 Å². The summed E-state index contributed by atoms with van der Waals surface area (Å²) in [6, 6.07) is 18.4. The molecular formula is C18H13ClFNO3S. The van der Waals surface area contributed by atoms with Crippen molar-refractivity contribution in [1.29, 1.82) is 0 Å². The fraction of sp³-hybridized carbons (Fsp3) is 0. The Morgan fingerprint density at radius 3 is 2.20 bits per heavy atom. The van der Waals surface area contributed by atoms with Gasteiger partial charge in [-0.2, -0.15) is 0 Å². The predicted octanol–water partition coefficient (Wildman–Crippen LogP) is 5.07. The maximum Gasteiger partial charge on any atom is 0.264 e. The van der Waals surface area contributed by atoms with Crippen molar-refractivity contribution in [3.05, 3.63) is 83.6 Å². The third-order valence-electron chi connectivity index (χ3n) is 3.30. The van der Waals surface area contributed by atoms with Gasteiger partial charge in [-0.1, -0.05) is 35.9 Å². The Morgan fingerprint density at radius 2 is 1.52 bits per heavy atom. The summed E-state index contributed by atoms with van der Waals surface area (Å²) in [5.74, 6) is 0.166. The van der Waals surface area contributed by atoms with E-state index in [0.717, 1.165) is 6.07 Å². The monoisotopic (exact) mass is 377 g/mol. The molecule has 0 aliphatic rings. The minimum absolute atomic E-state index is 0.287. The smallest absolute Gasteiger partial charge is 0.264 e. The Hall–Kier alpha value is -2.57. The van der Waals surface area contributed by atoms with Gasteiger partial charge in [-0.25, -0.2) is 12.8 Å². The second kappa shape index (κ2) is 7.13. The van der Waals surface area contributed by atoms with E-state index in [1.54, 1.807) is 36.4 Å². The largest absolute Gasteiger partial charge is 0.456 e. The SMILES string of the molecule is O=S(=O)(Nc1ccc(Oc2ccccc2Cl)cc1)c1ccccc1F. The molecule has 0 radical (unpaired) electrons. The molecule has 0 heterocycles. The lowest BCUT2D eigenvalue weighted by atomic mass is 10.3. The van der Waals surface area contributed by atoms with Crippen molar-refractivity contribution in [3.63, 3.8) is 0 Å². The lowest BCUT2D eigenvalue weighted by Gasteiger charge is -2.10. The van der Waals surface area contributed by atoms with Gasteiger partial charge < -0.3 is 4.74 Å². The molecule has 0 saturated carbocycles. The fourth-order valence-electron chi connectivity index (χ4n) is 2.12. The van der Waals surface area contributed by atoms with Crippen LogP contribution in [-0.2, 0) is 10.0 Å². The third kappa shape index (κ3) is 4.10. The number of rotatable bonds is 5. The Balaban J connectivity index is 1.77. The fourth-order valence-corrected chi connectivity index (χ4v) is 3.43. The van der Waals surface area contributed by atoms with E-state index in [1.165, 1.54) is 30.3 Å². The highest BCUT2D eigenvalue weighted by atomic mass is 35.5. The van der Waals surface area contributed by atoms with Gasteiger partial charge in [0, 0.05) is 5.69 Å². The minimum atomic E-state index is -4.01. The van der Waals surface area contributed by atoms with Crippen molar-refractivity contribution in [3.8, 4) is 11.5 Å². The van der Waals surface area contributed by atoms with Crippen molar-refractivity contribution in [2.24, 2.45) is 0 Å². The first-order valence-corrected chi connectivity index (χ1v) is 9.11. The molecule has 128 valence electrons. The van der Waals surface area contributed by atoms with Gasteiger partial charge in [0.1, 0.15) is 22.2 Å². The van der Waals surface area contributed by atoms with Gasteiger partial charge in [-0.3, -0.25) is 4.72 Å². The number of hydrogen-bond acceptors (Lipinski definition) is 3. The van der Waals surface area contributed by atoms with Crippen molar-refractivity contribution in [2.45, 2.75) is 4.90 Å². The topological polar surface area (TPSA) is 55.4 Å². The lowest BCUT2D eigenvalue weighted by Crippen LogP contribution is -2.14. The molecular weight excluding hydrogens is 365 g/mol. The van der Waals surface area contributed by atoms with Gasteiger partial charge in [-0.15, -0.1) is 0 Å². The second-order valence-electron chi connectivity index (χ2n) is 5.09. The van der Waals surface area contributed by atoms with Crippen LogP contribution in [0.25, 0.3) is 0 Å². The first-order valence-electron chi connectivity index (χ1n) is 7.25. The summed E-state index contributed by atoms with van der Waals surface area (Å²) in [6.45, 7) is 0. The highest BCUT2D eigenvalue weighted by molar-refractivity contribution is 7.92. The number of halogens is 2. The van der Waals surface area contributed by atoms with Crippen LogP contribution in [-0.4, -0.2) is 8.42 Å². The molecule has 3 aromatic rings. The average molecular weight is 378 g/mol. The van der Waals surface area contributed by atoms with Gasteiger partial charge in [0.15, 0.2) is 0 Å². The quantitative estimate of drug-likeness (QED) is 0.675. The molecule has 0 unspecified atom stereocenters. The molecule has 0 fully saturated rings. The summed E-state index contributed by atoms with van der Waals surface area (Å²) in [4.78, 5) is -0.411. The molecule has 0 aliphatic heterocycles. The summed E-state index contributed by atoms with van der Waals surface area (Å²) < 4.78 is 46.1. The Bertz CT molecular complexity index is 991. The van der Waals surface area contributed by atoms with Crippen LogP contribution < -0.4 is 9.46 Å². The van der Waals surface area contributed by atoms with Crippen LogP contribution in [0.2, 0.25) is 5.02 Å². The molecule has 0 aromatic heterocycles. The molecule has 3 aromatic carbocycles. The zero-order valence-corrected chi connectivity index (χ0v) is 14.4. The molecule has 0 saturated heterocycles. The summed E-state index contributed by atoms with van der Waals surface area (Å²) in [7, 11) is -4.01. The minimum Gasteiger partial charge on any atom is -0.456 e. The van der Waals surface area contributed by atoms with E-state index < -0.39 is 20.7 Å². The maximum atomic E-state index is 13.7. The first kappa shape index (κ1) is 17.3. The number of para-hydroxylation sites is 1. The van der Waals surface area contributed by atoms with E-state index in [9.17, 15) is 12.8 Å². The second-order valence-corrected chi connectivity index (χ2v) is 7.15. The molecule has 0 spiro atoms. The number of nitrogens with one attached hydrogen (secondary N) is 1. The van der Waals surface area contributed by atoms with Gasteiger partial charge in [0.25, 0.3) is 10.0 Å². The zero-order valence-electron chi connectivity index (χ0n) is 12.8. The van der Waals surface area contributed by atoms with Crippen molar-refractivity contribution in [1.82, 2.24) is 0 Å². The Morgan fingerprint density at radius 1 is 0.880 bits per heavy atom. The van der Waals surface area contributed by atoms with Gasteiger partial charge in [0.2, 0.25) is 0 Å². The van der Waals surface area contributed by atoms with Crippen LogP contribution in [0.3, 0.4) is 0 Å². The van der Waals surface area contributed by atoms with E-state index in [2.05, 4.69) is 4.72 Å². The third-order valence-corrected chi connectivity index (χ3v) is 5.02. The number of benzene rings is 3. The van der Waals surface area contributed by atoms with Crippen LogP contribution in [0.5, 0.6) is 11.5 Å². The number of ether oxygens (including phenoxy) is 1. The predicted molar refractivity (Wildman–Crippen MR) is 95.2 cm³/mol. The van der Waals surface area contributed by atoms with Crippen LogP contribution in [0.1, 0.15) is 0 Å². The molecule has 3 rings (SSSR count). The first-order chi connectivity index (χ1) is 12.0. The summed E-state index contributed by atoms with van der Waals surface area (Å²) >= 11 is 6.02.